The number of carbonyl (C=O) groups is 2. The number of amides is 1. The van der Waals surface area contributed by atoms with Crippen molar-refractivity contribution in [2.45, 2.75) is 58.8 Å². The minimum Gasteiger partial charge on any atom is -0.550 e. The third kappa shape index (κ3) is 3.15. The molecule has 24 heavy (non-hydrogen) atoms. The summed E-state index contributed by atoms with van der Waals surface area (Å²) >= 11 is 0. The number of carbonyl (C=O) groups excluding carboxylic acids is 2. The number of hydrogen-bond donors (Lipinski definition) is 1. The third-order valence-electron chi connectivity index (χ3n) is 6.12. The lowest BCUT2D eigenvalue weighted by atomic mass is 9.78. The molecule has 4 atom stereocenters. The van der Waals surface area contributed by atoms with E-state index in [4.69, 9.17) is 0 Å². The zero-order valence-corrected chi connectivity index (χ0v) is 14.8. The van der Waals surface area contributed by atoms with Gasteiger partial charge in [0.05, 0.1) is 5.92 Å². The summed E-state index contributed by atoms with van der Waals surface area (Å²) in [5.74, 6) is -2.15. The molecule has 2 saturated carbocycles. The largest absolute Gasteiger partial charge is 0.550 e. The lowest BCUT2D eigenvalue weighted by molar-refractivity contribution is -0.314. The van der Waals surface area contributed by atoms with Gasteiger partial charge in [-0.25, -0.2) is 0 Å². The number of fused-ring (bicyclic) bond motifs is 2. The Morgan fingerprint density at radius 2 is 1.88 bits per heavy atom. The van der Waals surface area contributed by atoms with Gasteiger partial charge < -0.3 is 15.2 Å². The highest BCUT2D eigenvalue weighted by Crippen LogP contribution is 2.56. The van der Waals surface area contributed by atoms with Crippen LogP contribution in [0.15, 0.2) is 22.8 Å². The van der Waals surface area contributed by atoms with E-state index < -0.39 is 17.8 Å². The highest BCUT2D eigenvalue weighted by atomic mass is 16.4. The van der Waals surface area contributed by atoms with Crippen molar-refractivity contribution in [3.8, 4) is 0 Å². The van der Waals surface area contributed by atoms with Crippen molar-refractivity contribution in [3.05, 3.63) is 22.8 Å². The average molecular weight is 330 g/mol. The van der Waals surface area contributed by atoms with Crippen LogP contribution in [0.2, 0.25) is 0 Å². The van der Waals surface area contributed by atoms with Crippen LogP contribution in [0.25, 0.3) is 0 Å². The molecule has 1 N–H and O–H groups in total. The Bertz CT molecular complexity index is 586. The molecule has 2 fully saturated rings. The molecule has 0 aliphatic heterocycles. The maximum Gasteiger partial charge on any atom is 0.224 e. The maximum absolute atomic E-state index is 12.7. The smallest absolute Gasteiger partial charge is 0.224 e. The standard InChI is InChI=1S/C20H29NO3/c1-12(2)16-14-8-9-15(16)18(20(23)24)17(14)19(22)21-11-10-13-6-4-3-5-7-13/h6,14-15,17-18H,3-5,7-11H2,1-2H3,(H,21,22)(H,23,24)/p-1/t14-,15-,17+,18-/m0/s1. The van der Waals surface area contributed by atoms with Crippen LogP contribution in [0.5, 0.6) is 0 Å². The molecule has 0 heterocycles. The Labute approximate surface area is 144 Å². The Morgan fingerprint density at radius 3 is 2.46 bits per heavy atom. The van der Waals surface area contributed by atoms with Gasteiger partial charge in [0.1, 0.15) is 0 Å². The minimum atomic E-state index is -1.06. The summed E-state index contributed by atoms with van der Waals surface area (Å²) in [6.07, 6.45) is 9.76. The van der Waals surface area contributed by atoms with Crippen molar-refractivity contribution in [3.63, 3.8) is 0 Å². The van der Waals surface area contributed by atoms with Gasteiger partial charge in [-0.2, -0.15) is 0 Å². The van der Waals surface area contributed by atoms with Gasteiger partial charge in [-0.05, 0) is 70.6 Å². The van der Waals surface area contributed by atoms with E-state index in [-0.39, 0.29) is 17.7 Å². The van der Waals surface area contributed by atoms with Crippen LogP contribution in [0.4, 0.5) is 0 Å². The van der Waals surface area contributed by atoms with Crippen molar-refractivity contribution in [2.75, 3.05) is 6.54 Å². The van der Waals surface area contributed by atoms with Gasteiger partial charge in [0, 0.05) is 18.4 Å². The summed E-state index contributed by atoms with van der Waals surface area (Å²) in [4.78, 5) is 24.4. The molecule has 132 valence electrons. The van der Waals surface area contributed by atoms with E-state index in [1.807, 2.05) is 13.8 Å². The van der Waals surface area contributed by atoms with Gasteiger partial charge in [-0.3, -0.25) is 4.79 Å². The van der Waals surface area contributed by atoms with E-state index >= 15 is 0 Å². The second kappa shape index (κ2) is 7.12. The van der Waals surface area contributed by atoms with Gasteiger partial charge in [-0.15, -0.1) is 0 Å². The van der Waals surface area contributed by atoms with Crippen molar-refractivity contribution in [2.24, 2.45) is 23.7 Å². The van der Waals surface area contributed by atoms with Crippen molar-refractivity contribution in [1.29, 1.82) is 0 Å². The molecular formula is C20H28NO3-. The first kappa shape index (κ1) is 17.2. The number of carboxylic acids is 1. The fourth-order valence-corrected chi connectivity index (χ4v) is 5.19. The summed E-state index contributed by atoms with van der Waals surface area (Å²) in [5.41, 5.74) is 3.81. The highest BCUT2D eigenvalue weighted by molar-refractivity contribution is 5.87. The van der Waals surface area contributed by atoms with Gasteiger partial charge >= 0.3 is 0 Å². The Kier molecular flexibility index (Phi) is 5.12. The van der Waals surface area contributed by atoms with Crippen LogP contribution in [0.1, 0.15) is 58.8 Å². The maximum atomic E-state index is 12.7. The molecule has 1 amide bonds. The molecule has 0 spiro atoms. The summed E-state index contributed by atoms with van der Waals surface area (Å²) in [6, 6.07) is 0. The Morgan fingerprint density at radius 1 is 1.17 bits per heavy atom. The van der Waals surface area contributed by atoms with Crippen molar-refractivity contribution in [1.82, 2.24) is 5.32 Å². The summed E-state index contributed by atoms with van der Waals surface area (Å²) in [7, 11) is 0. The Hall–Kier alpha value is -1.58. The van der Waals surface area contributed by atoms with Crippen LogP contribution < -0.4 is 10.4 Å². The third-order valence-corrected chi connectivity index (χ3v) is 6.12. The summed E-state index contributed by atoms with van der Waals surface area (Å²) in [5, 5.41) is 14.7. The Balaban J connectivity index is 1.66. The molecule has 0 aromatic carbocycles. The normalized spacial score (nSPS) is 31.8. The number of rotatable bonds is 5. The predicted molar refractivity (Wildman–Crippen MR) is 90.8 cm³/mol. The van der Waals surface area contributed by atoms with Crippen molar-refractivity contribution < 1.29 is 14.7 Å². The molecule has 3 rings (SSSR count). The van der Waals surface area contributed by atoms with Gasteiger partial charge in [-0.1, -0.05) is 22.8 Å². The van der Waals surface area contributed by atoms with Gasteiger partial charge in [0.25, 0.3) is 0 Å². The number of allylic oxidation sites excluding steroid dienone is 3. The van der Waals surface area contributed by atoms with Gasteiger partial charge in [0.15, 0.2) is 0 Å². The molecule has 0 radical (unpaired) electrons. The SMILES string of the molecule is CC(C)=C1[C@@H]2CC[C@@H]1[C@@H](C(=O)NCCC1=CCCCC1)[C@H]2C(=O)[O-]. The molecule has 4 nitrogen and oxygen atoms in total. The molecule has 4 heteroatoms. The van der Waals surface area contributed by atoms with Crippen LogP contribution in [-0.4, -0.2) is 18.4 Å². The van der Waals surface area contributed by atoms with Crippen LogP contribution in [-0.2, 0) is 9.59 Å². The zero-order valence-electron chi connectivity index (χ0n) is 14.8. The second-order valence-corrected chi connectivity index (χ2v) is 7.77. The first-order valence-corrected chi connectivity index (χ1v) is 9.34. The van der Waals surface area contributed by atoms with E-state index in [1.54, 1.807) is 0 Å². The molecule has 0 unspecified atom stereocenters. The lowest BCUT2D eigenvalue weighted by Crippen LogP contribution is -2.46. The van der Waals surface area contributed by atoms with Gasteiger partial charge in [0.2, 0.25) is 5.91 Å². The number of aliphatic carboxylic acids is 1. The molecule has 0 saturated heterocycles. The molecule has 3 aliphatic rings. The van der Waals surface area contributed by atoms with E-state index in [9.17, 15) is 14.7 Å². The molecular weight excluding hydrogens is 302 g/mol. The van der Waals surface area contributed by atoms with Crippen molar-refractivity contribution >= 4 is 11.9 Å². The minimum absolute atomic E-state index is 0.00167. The monoisotopic (exact) mass is 330 g/mol. The van der Waals surface area contributed by atoms with Crippen LogP contribution in [0, 0.1) is 23.7 Å². The first-order chi connectivity index (χ1) is 11.5. The number of hydrogen-bond acceptors (Lipinski definition) is 3. The van der Waals surface area contributed by atoms with E-state index in [0.29, 0.717) is 6.54 Å². The average Bonchev–Trinajstić information content (AvgIpc) is 3.11. The van der Waals surface area contributed by atoms with E-state index in [0.717, 1.165) is 32.1 Å². The van der Waals surface area contributed by atoms with E-state index in [1.165, 1.54) is 29.6 Å². The molecule has 0 aromatic heterocycles. The second-order valence-electron chi connectivity index (χ2n) is 7.77. The lowest BCUT2D eigenvalue weighted by Gasteiger charge is -2.30. The molecule has 2 bridgehead atoms. The quantitative estimate of drug-likeness (QED) is 0.787. The van der Waals surface area contributed by atoms with Crippen LogP contribution in [0.3, 0.4) is 0 Å². The first-order valence-electron chi connectivity index (χ1n) is 9.34. The topological polar surface area (TPSA) is 69.2 Å². The summed E-state index contributed by atoms with van der Waals surface area (Å²) in [6.45, 7) is 4.67. The van der Waals surface area contributed by atoms with Crippen LogP contribution >= 0.6 is 0 Å². The molecule has 0 aromatic rings. The number of nitrogens with one attached hydrogen (secondary N) is 1. The highest BCUT2D eigenvalue weighted by Gasteiger charge is 2.54. The predicted octanol–water partition coefficient (Wildman–Crippen LogP) is 2.35. The summed E-state index contributed by atoms with van der Waals surface area (Å²) < 4.78 is 0. The zero-order chi connectivity index (χ0) is 17.3. The molecule has 3 aliphatic carbocycles. The number of carboxylic acid groups (broad SMARTS) is 1. The fourth-order valence-electron chi connectivity index (χ4n) is 5.19. The van der Waals surface area contributed by atoms with E-state index in [2.05, 4.69) is 11.4 Å². The fraction of sp³-hybridized carbons (Fsp3) is 0.700.